The molecule has 0 saturated heterocycles. The summed E-state index contributed by atoms with van der Waals surface area (Å²) < 4.78 is 0. The van der Waals surface area contributed by atoms with Crippen molar-refractivity contribution in [2.45, 2.75) is 13.0 Å². The maximum Gasteiger partial charge on any atom is 0.0511 e. The van der Waals surface area contributed by atoms with Crippen molar-refractivity contribution in [1.29, 1.82) is 0 Å². The largest absolute Gasteiger partial charge is 0.0697 e. The smallest absolute Gasteiger partial charge is 0.0511 e. The van der Waals surface area contributed by atoms with Crippen molar-refractivity contribution in [3.05, 3.63) is 60.7 Å². The summed E-state index contributed by atoms with van der Waals surface area (Å²) in [5.41, 5.74) is 0. The van der Waals surface area contributed by atoms with Gasteiger partial charge >= 0.3 is 0 Å². The summed E-state index contributed by atoms with van der Waals surface area (Å²) in [6, 6.07) is 24.1. The molecule has 3 heteroatoms. The normalized spacial score (nSPS) is 13.7. The lowest BCUT2D eigenvalue weighted by Gasteiger charge is -2.14. The Hall–Kier alpha value is -0.909. The van der Waals surface area contributed by atoms with Crippen molar-refractivity contribution in [2.75, 3.05) is 0 Å². The van der Waals surface area contributed by atoms with E-state index in [9.17, 15) is 0 Å². The van der Waals surface area contributed by atoms with Crippen LogP contribution < -0.4 is 10.4 Å². The zero-order valence-corrected chi connectivity index (χ0v) is 14.5. The Kier molecular flexibility index (Phi) is 4.97. The second kappa shape index (κ2) is 6.74. The highest BCUT2D eigenvalue weighted by atomic mass is 29.6. The molecule has 1 atom stereocenters. The summed E-state index contributed by atoms with van der Waals surface area (Å²) in [6.07, 6.45) is 0. The van der Waals surface area contributed by atoms with Crippen LogP contribution in [0.4, 0.5) is 0 Å². The highest BCUT2D eigenvalue weighted by Crippen LogP contribution is 1.91. The van der Waals surface area contributed by atoms with Crippen molar-refractivity contribution < 1.29 is 0 Å². The van der Waals surface area contributed by atoms with E-state index in [2.05, 4.69) is 67.6 Å². The molecule has 0 aliphatic heterocycles. The molecule has 0 fully saturated rings. The Bertz CT molecular complexity index is 428. The van der Waals surface area contributed by atoms with Crippen LogP contribution in [0.3, 0.4) is 0 Å². The lowest BCUT2D eigenvalue weighted by atomic mass is 10.4. The zero-order chi connectivity index (χ0) is 11.9. The van der Waals surface area contributed by atoms with E-state index in [-0.39, 0.29) is 18.1 Å². The van der Waals surface area contributed by atoms with Crippen LogP contribution in [0.15, 0.2) is 60.7 Å². The molecule has 0 N–H and O–H groups in total. The molecule has 0 aromatic heterocycles. The summed E-state index contributed by atoms with van der Waals surface area (Å²) in [6.45, 7) is 2.38. The minimum absolute atomic E-state index is 0.00608. The molecule has 0 spiro atoms. The predicted molar refractivity (Wildman–Crippen MR) is 86.9 cm³/mol. The summed E-state index contributed by atoms with van der Waals surface area (Å²) in [7, 11) is -0.353. The third-order valence-corrected chi connectivity index (χ3v) is 23.1. The molecule has 2 aromatic carbocycles. The lowest BCUT2D eigenvalue weighted by molar-refractivity contribution is 1.47. The molecule has 2 rings (SSSR count). The molecule has 17 heavy (non-hydrogen) atoms. The van der Waals surface area contributed by atoms with Gasteiger partial charge in [0.15, 0.2) is 0 Å². The van der Waals surface area contributed by atoms with Gasteiger partial charge in [-0.1, -0.05) is 84.0 Å². The molecule has 2 aromatic rings. The van der Waals surface area contributed by atoms with Crippen LogP contribution in [0.2, 0.25) is 6.04 Å². The lowest BCUT2D eigenvalue weighted by Crippen LogP contribution is -2.47. The Balaban J connectivity index is 2.13. The van der Waals surface area contributed by atoms with Crippen molar-refractivity contribution >= 4 is 36.3 Å². The molecule has 0 aliphatic rings. The summed E-state index contributed by atoms with van der Waals surface area (Å²) in [5, 5.41) is 3.41. The first-order valence-electron chi connectivity index (χ1n) is 6.49. The third kappa shape index (κ3) is 3.80. The van der Waals surface area contributed by atoms with Gasteiger partial charge in [-0.05, 0) is 0 Å². The van der Waals surface area contributed by atoms with Crippen LogP contribution in [-0.2, 0) is 0 Å². The second-order valence-corrected chi connectivity index (χ2v) is 21.8. The number of hydrogen-bond donors (Lipinski definition) is 0. The predicted octanol–water partition coefficient (Wildman–Crippen LogP) is 0.215. The number of hydrogen-bond acceptors (Lipinski definition) is 0. The first-order chi connectivity index (χ1) is 8.40. The summed E-state index contributed by atoms with van der Waals surface area (Å²) >= 11 is 0. The standard InChI is InChI=1S/C14H20Si3/c1-2-15-17(14-11-7-4-8-12-14)16-13-9-5-3-6-10-13/h3-12,17H,2,15-16H2,1H3. The Morgan fingerprint density at radius 3 is 2.06 bits per heavy atom. The van der Waals surface area contributed by atoms with Crippen LogP contribution in [0.1, 0.15) is 6.92 Å². The van der Waals surface area contributed by atoms with Crippen molar-refractivity contribution in [3.8, 4) is 0 Å². The first-order valence-corrected chi connectivity index (χ1v) is 15.3. The van der Waals surface area contributed by atoms with Crippen LogP contribution in [-0.4, -0.2) is 25.9 Å². The molecule has 0 saturated carbocycles. The third-order valence-electron chi connectivity index (χ3n) is 3.23. The quantitative estimate of drug-likeness (QED) is 0.683. The van der Waals surface area contributed by atoms with E-state index >= 15 is 0 Å². The molecule has 0 radical (unpaired) electrons. The van der Waals surface area contributed by atoms with Gasteiger partial charge in [0, 0.05) is 18.1 Å². The van der Waals surface area contributed by atoms with E-state index in [4.69, 9.17) is 0 Å². The fourth-order valence-corrected chi connectivity index (χ4v) is 22.8. The molecule has 0 nitrogen and oxygen atoms in total. The van der Waals surface area contributed by atoms with Gasteiger partial charge in [-0.15, -0.1) is 0 Å². The Morgan fingerprint density at radius 1 is 0.882 bits per heavy atom. The van der Waals surface area contributed by atoms with E-state index in [0.29, 0.717) is 0 Å². The highest BCUT2D eigenvalue weighted by Gasteiger charge is 2.13. The van der Waals surface area contributed by atoms with E-state index < -0.39 is 7.83 Å². The van der Waals surface area contributed by atoms with Crippen molar-refractivity contribution in [1.82, 2.24) is 0 Å². The van der Waals surface area contributed by atoms with Crippen LogP contribution in [0.25, 0.3) is 0 Å². The van der Waals surface area contributed by atoms with Gasteiger partial charge in [-0.25, -0.2) is 0 Å². The molecule has 1 unspecified atom stereocenters. The highest BCUT2D eigenvalue weighted by molar-refractivity contribution is 7.47. The SMILES string of the molecule is CC[SiH2][SiH]([SiH2]c1ccccc1)c1ccccc1. The average Bonchev–Trinajstić information content (AvgIpc) is 2.40. The minimum Gasteiger partial charge on any atom is -0.0697 e. The van der Waals surface area contributed by atoms with Crippen molar-refractivity contribution in [2.24, 2.45) is 0 Å². The summed E-state index contributed by atoms with van der Waals surface area (Å²) in [4.78, 5) is 0. The van der Waals surface area contributed by atoms with Gasteiger partial charge in [-0.3, -0.25) is 0 Å². The van der Waals surface area contributed by atoms with Gasteiger partial charge < -0.3 is 0 Å². The van der Waals surface area contributed by atoms with Gasteiger partial charge in [-0.2, -0.15) is 0 Å². The zero-order valence-electron chi connectivity index (χ0n) is 10.5. The first kappa shape index (κ1) is 12.5. The van der Waals surface area contributed by atoms with Crippen LogP contribution in [0.5, 0.6) is 0 Å². The molecule has 0 aliphatic carbocycles. The van der Waals surface area contributed by atoms with Gasteiger partial charge in [0.1, 0.15) is 0 Å². The molecule has 0 heterocycles. The number of rotatable bonds is 5. The molecule has 0 amide bonds. The van der Waals surface area contributed by atoms with E-state index in [1.807, 2.05) is 0 Å². The fourth-order valence-electron chi connectivity index (χ4n) is 2.36. The van der Waals surface area contributed by atoms with Gasteiger partial charge in [0.05, 0.1) is 7.83 Å². The van der Waals surface area contributed by atoms with E-state index in [1.165, 1.54) is 6.04 Å². The van der Waals surface area contributed by atoms with E-state index in [1.54, 1.807) is 10.4 Å². The molecule has 88 valence electrons. The van der Waals surface area contributed by atoms with Gasteiger partial charge in [0.2, 0.25) is 0 Å². The van der Waals surface area contributed by atoms with Gasteiger partial charge in [0.25, 0.3) is 0 Å². The maximum atomic E-state index is 2.38. The fraction of sp³-hybridized carbons (Fsp3) is 0.143. The van der Waals surface area contributed by atoms with Crippen molar-refractivity contribution in [3.63, 3.8) is 0 Å². The molecular weight excluding hydrogens is 252 g/mol. The molecular formula is C14H20Si3. The topological polar surface area (TPSA) is 0 Å². The second-order valence-electron chi connectivity index (χ2n) is 4.59. The summed E-state index contributed by atoms with van der Waals surface area (Å²) in [5.74, 6) is 0. The Morgan fingerprint density at radius 2 is 1.47 bits per heavy atom. The number of benzene rings is 2. The Labute approximate surface area is 110 Å². The van der Waals surface area contributed by atoms with E-state index in [0.717, 1.165) is 0 Å². The monoisotopic (exact) mass is 272 g/mol. The average molecular weight is 273 g/mol. The minimum atomic E-state index is -0.541. The van der Waals surface area contributed by atoms with Crippen LogP contribution >= 0.6 is 0 Å². The maximum absolute atomic E-state index is 2.38. The molecule has 0 bridgehead atoms. The van der Waals surface area contributed by atoms with Crippen LogP contribution in [0, 0.1) is 0 Å².